The number of hydrogen-bond donors (Lipinski definition) is 0. The van der Waals surface area contributed by atoms with E-state index in [9.17, 15) is 9.18 Å². The Labute approximate surface area is 170 Å². The number of rotatable bonds is 11. The molecule has 0 amide bonds. The van der Waals surface area contributed by atoms with Crippen molar-refractivity contribution < 1.29 is 13.9 Å². The van der Waals surface area contributed by atoms with Gasteiger partial charge in [-0.25, -0.2) is 9.37 Å². The Morgan fingerprint density at radius 3 is 2.75 bits per heavy atom. The molecule has 0 bridgehead atoms. The molecule has 0 unspecified atom stereocenters. The maximum atomic E-state index is 13.0. The van der Waals surface area contributed by atoms with Gasteiger partial charge in [0, 0.05) is 17.7 Å². The zero-order valence-electron chi connectivity index (χ0n) is 16.4. The van der Waals surface area contributed by atoms with Crippen LogP contribution in [0.4, 0.5) is 4.39 Å². The second-order valence-electron chi connectivity index (χ2n) is 7.14. The predicted octanol–water partition coefficient (Wildman–Crippen LogP) is 5.32. The van der Waals surface area contributed by atoms with Gasteiger partial charge in [-0.1, -0.05) is 50.1 Å². The molecule has 1 aliphatic carbocycles. The lowest BCUT2D eigenvalue weighted by Crippen LogP contribution is -2.13. The molecule has 1 aromatic carbocycles. The molecule has 6 heteroatoms. The number of ether oxygens (including phenoxy) is 1. The van der Waals surface area contributed by atoms with E-state index in [2.05, 4.69) is 16.9 Å². The molecule has 1 aliphatic rings. The first-order valence-electron chi connectivity index (χ1n) is 10.1. The number of hydrogen-bond acceptors (Lipinski definition) is 5. The van der Waals surface area contributed by atoms with Crippen LogP contribution in [0.25, 0.3) is 0 Å². The van der Waals surface area contributed by atoms with Gasteiger partial charge in [0.05, 0.1) is 5.69 Å². The van der Waals surface area contributed by atoms with E-state index in [4.69, 9.17) is 4.74 Å². The van der Waals surface area contributed by atoms with Crippen LogP contribution in [0.3, 0.4) is 0 Å². The number of aromatic nitrogens is 2. The van der Waals surface area contributed by atoms with Gasteiger partial charge in [0.15, 0.2) is 10.9 Å². The highest BCUT2D eigenvalue weighted by Gasteiger charge is 2.21. The third kappa shape index (κ3) is 6.03. The summed E-state index contributed by atoms with van der Waals surface area (Å²) in [7, 11) is 0. The monoisotopic (exact) mass is 402 g/mol. The molecular formula is C22H27FN2O2S. The second-order valence-corrected chi connectivity index (χ2v) is 8.09. The van der Waals surface area contributed by atoms with Crippen molar-refractivity contribution in [1.29, 1.82) is 0 Å². The van der Waals surface area contributed by atoms with E-state index in [-0.39, 0.29) is 18.2 Å². The van der Waals surface area contributed by atoms with E-state index in [1.165, 1.54) is 30.3 Å². The van der Waals surface area contributed by atoms with E-state index in [0.717, 1.165) is 55.3 Å². The summed E-state index contributed by atoms with van der Waals surface area (Å²) < 4.78 is 18.9. The summed E-state index contributed by atoms with van der Waals surface area (Å²) in [6, 6.07) is 6.45. The molecule has 2 aromatic rings. The molecule has 0 spiro atoms. The lowest BCUT2D eigenvalue weighted by atomic mass is 10.1. The van der Waals surface area contributed by atoms with E-state index in [1.807, 2.05) is 0 Å². The maximum absolute atomic E-state index is 13.0. The van der Waals surface area contributed by atoms with Crippen LogP contribution in [0.1, 0.15) is 62.3 Å². The van der Waals surface area contributed by atoms with Crippen LogP contribution in [0, 0.1) is 5.82 Å². The zero-order valence-corrected chi connectivity index (χ0v) is 17.2. The van der Waals surface area contributed by atoms with Crippen molar-refractivity contribution >= 4 is 17.5 Å². The van der Waals surface area contributed by atoms with Crippen molar-refractivity contribution in [2.24, 2.45) is 0 Å². The standard InChI is InChI=1S/C22H27FN2O2S/c1-2-3-4-5-7-18(26)14-27-21-19-8-6-9-20(19)24-22(25-21)28-15-16-10-12-17(23)13-11-16/h10-13H,2-9,14-15H2,1H3. The summed E-state index contributed by atoms with van der Waals surface area (Å²) in [5, 5.41) is 0.648. The molecule has 0 atom stereocenters. The first-order chi connectivity index (χ1) is 13.7. The van der Waals surface area contributed by atoms with Crippen LogP contribution in [0.2, 0.25) is 0 Å². The largest absolute Gasteiger partial charge is 0.469 e. The highest BCUT2D eigenvalue weighted by atomic mass is 32.2. The molecular weight excluding hydrogens is 375 g/mol. The maximum Gasteiger partial charge on any atom is 0.221 e. The summed E-state index contributed by atoms with van der Waals surface area (Å²) in [5.41, 5.74) is 3.09. The smallest absolute Gasteiger partial charge is 0.221 e. The van der Waals surface area contributed by atoms with E-state index in [0.29, 0.717) is 23.2 Å². The number of nitrogens with zero attached hydrogens (tertiary/aromatic N) is 2. The highest BCUT2D eigenvalue weighted by molar-refractivity contribution is 7.98. The lowest BCUT2D eigenvalue weighted by Gasteiger charge is -2.11. The Morgan fingerprint density at radius 1 is 1.14 bits per heavy atom. The molecule has 4 nitrogen and oxygen atoms in total. The van der Waals surface area contributed by atoms with Gasteiger partial charge in [-0.05, 0) is 43.4 Å². The molecule has 1 aromatic heterocycles. The SMILES string of the molecule is CCCCCCC(=O)COc1nc(SCc2ccc(F)cc2)nc2c1CCC2. The number of carbonyl (C=O) groups excluding carboxylic acids is 1. The number of halogens is 1. The minimum absolute atomic E-state index is 0.0810. The van der Waals surface area contributed by atoms with Gasteiger partial charge in [-0.15, -0.1) is 0 Å². The number of thioether (sulfide) groups is 1. The van der Waals surface area contributed by atoms with Crippen LogP contribution in [-0.4, -0.2) is 22.4 Å². The number of carbonyl (C=O) groups is 1. The van der Waals surface area contributed by atoms with Crippen molar-refractivity contribution in [3.05, 3.63) is 46.9 Å². The fourth-order valence-corrected chi connectivity index (χ4v) is 4.07. The van der Waals surface area contributed by atoms with Crippen molar-refractivity contribution in [2.75, 3.05) is 6.61 Å². The van der Waals surface area contributed by atoms with Crippen molar-refractivity contribution in [2.45, 2.75) is 69.2 Å². The van der Waals surface area contributed by atoms with Gasteiger partial charge in [0.1, 0.15) is 12.4 Å². The number of ketones is 1. The summed E-state index contributed by atoms with van der Waals surface area (Å²) >= 11 is 1.50. The van der Waals surface area contributed by atoms with Gasteiger partial charge >= 0.3 is 0 Å². The lowest BCUT2D eigenvalue weighted by molar-refractivity contribution is -0.121. The average molecular weight is 403 g/mol. The van der Waals surface area contributed by atoms with Gasteiger partial charge in [0.2, 0.25) is 5.88 Å². The number of benzene rings is 1. The summed E-state index contributed by atoms with van der Waals surface area (Å²) in [4.78, 5) is 21.3. The minimum Gasteiger partial charge on any atom is -0.469 e. The Hall–Kier alpha value is -1.95. The molecule has 0 N–H and O–H groups in total. The molecule has 150 valence electrons. The topological polar surface area (TPSA) is 52.1 Å². The van der Waals surface area contributed by atoms with Crippen molar-refractivity contribution in [1.82, 2.24) is 9.97 Å². The summed E-state index contributed by atoms with van der Waals surface area (Å²) in [5.74, 6) is 1.11. The zero-order chi connectivity index (χ0) is 19.8. The second kappa shape index (κ2) is 10.6. The Bertz CT molecular complexity index is 796. The van der Waals surface area contributed by atoms with Crippen molar-refractivity contribution in [3.63, 3.8) is 0 Å². The molecule has 0 saturated carbocycles. The Balaban J connectivity index is 1.59. The average Bonchev–Trinajstić information content (AvgIpc) is 3.18. The first kappa shape index (κ1) is 20.8. The molecule has 0 saturated heterocycles. The molecule has 0 radical (unpaired) electrons. The number of aryl methyl sites for hydroxylation is 1. The van der Waals surface area contributed by atoms with Crippen LogP contribution >= 0.6 is 11.8 Å². The van der Waals surface area contributed by atoms with Gasteiger partial charge in [0.25, 0.3) is 0 Å². The van der Waals surface area contributed by atoms with E-state index in [1.54, 1.807) is 12.1 Å². The molecule has 0 aliphatic heterocycles. The number of Topliss-reactive ketones (excluding diaryl/α,β-unsaturated/α-hetero) is 1. The normalized spacial score (nSPS) is 12.8. The van der Waals surface area contributed by atoms with E-state index >= 15 is 0 Å². The number of unbranched alkanes of at least 4 members (excludes halogenated alkanes) is 3. The van der Waals surface area contributed by atoms with Crippen LogP contribution in [-0.2, 0) is 23.4 Å². The van der Waals surface area contributed by atoms with Gasteiger partial charge < -0.3 is 4.74 Å². The third-order valence-electron chi connectivity index (χ3n) is 4.83. The molecule has 1 heterocycles. The van der Waals surface area contributed by atoms with Gasteiger partial charge in [-0.2, -0.15) is 4.98 Å². The van der Waals surface area contributed by atoms with Gasteiger partial charge in [-0.3, -0.25) is 4.79 Å². The fourth-order valence-electron chi connectivity index (χ4n) is 3.26. The predicted molar refractivity (Wildman–Crippen MR) is 109 cm³/mol. The molecule has 0 fully saturated rings. The Morgan fingerprint density at radius 2 is 1.96 bits per heavy atom. The highest BCUT2D eigenvalue weighted by Crippen LogP contribution is 2.31. The van der Waals surface area contributed by atoms with Crippen LogP contribution in [0.5, 0.6) is 5.88 Å². The van der Waals surface area contributed by atoms with Crippen molar-refractivity contribution in [3.8, 4) is 5.88 Å². The Kier molecular flexibility index (Phi) is 7.83. The van der Waals surface area contributed by atoms with Crippen LogP contribution < -0.4 is 4.74 Å². The number of fused-ring (bicyclic) bond motifs is 1. The summed E-state index contributed by atoms with van der Waals surface area (Å²) in [6.07, 6.45) is 7.78. The quantitative estimate of drug-likeness (QED) is 0.289. The molecule has 28 heavy (non-hydrogen) atoms. The van der Waals surface area contributed by atoms with Crippen LogP contribution in [0.15, 0.2) is 29.4 Å². The summed E-state index contributed by atoms with van der Waals surface area (Å²) in [6.45, 7) is 2.24. The third-order valence-corrected chi connectivity index (χ3v) is 5.75. The molecule has 3 rings (SSSR count). The minimum atomic E-state index is -0.238. The first-order valence-corrected chi connectivity index (χ1v) is 11.1. The van der Waals surface area contributed by atoms with E-state index < -0.39 is 0 Å². The fraction of sp³-hybridized carbons (Fsp3) is 0.500.